The van der Waals surface area contributed by atoms with Crippen LogP contribution in [-0.2, 0) is 0 Å². The number of rotatable bonds is 4. The number of Topliss-reactive ketones (excluding diaryl/α,β-unsaturated/α-hetero) is 1. The van der Waals surface area contributed by atoms with Crippen molar-refractivity contribution in [2.45, 2.75) is 19.0 Å². The number of ketones is 1. The van der Waals surface area contributed by atoms with Crippen LogP contribution in [0.2, 0.25) is 0 Å². The Labute approximate surface area is 105 Å². The molecule has 0 aliphatic rings. The predicted molar refractivity (Wildman–Crippen MR) is 60.3 cm³/mol. The standard InChI is InChI=1S/C11H10BrF3O2/c1-17-10-3-2-7(12)6-8(10)9(16)4-5-11(13,14)15/h2-3,6H,4-5H2,1H3. The van der Waals surface area contributed by atoms with Gasteiger partial charge >= 0.3 is 6.18 Å². The summed E-state index contributed by atoms with van der Waals surface area (Å²) in [5, 5.41) is 0. The number of halogens is 4. The normalized spacial score (nSPS) is 11.4. The minimum absolute atomic E-state index is 0.158. The molecule has 2 nitrogen and oxygen atoms in total. The minimum Gasteiger partial charge on any atom is -0.496 e. The van der Waals surface area contributed by atoms with Crippen LogP contribution in [-0.4, -0.2) is 19.1 Å². The van der Waals surface area contributed by atoms with Crippen LogP contribution in [0.3, 0.4) is 0 Å². The number of alkyl halides is 3. The number of hydrogen-bond acceptors (Lipinski definition) is 2. The molecule has 0 heterocycles. The molecule has 0 fully saturated rings. The van der Waals surface area contributed by atoms with E-state index >= 15 is 0 Å². The van der Waals surface area contributed by atoms with E-state index in [1.807, 2.05) is 0 Å². The maximum absolute atomic E-state index is 12.0. The molecule has 1 aromatic rings. The molecule has 1 rings (SSSR count). The highest BCUT2D eigenvalue weighted by Crippen LogP contribution is 2.27. The monoisotopic (exact) mass is 310 g/mol. The summed E-state index contributed by atoms with van der Waals surface area (Å²) in [4.78, 5) is 11.6. The highest BCUT2D eigenvalue weighted by atomic mass is 79.9. The number of benzene rings is 1. The van der Waals surface area contributed by atoms with Crippen molar-refractivity contribution in [3.05, 3.63) is 28.2 Å². The lowest BCUT2D eigenvalue weighted by Crippen LogP contribution is -2.11. The van der Waals surface area contributed by atoms with E-state index in [0.29, 0.717) is 4.47 Å². The lowest BCUT2D eigenvalue weighted by atomic mass is 10.1. The summed E-state index contributed by atoms with van der Waals surface area (Å²) in [6.07, 6.45) is -6.02. The SMILES string of the molecule is COc1ccc(Br)cc1C(=O)CCC(F)(F)F. The number of carbonyl (C=O) groups excluding carboxylic acids is 1. The van der Waals surface area contributed by atoms with Crippen molar-refractivity contribution >= 4 is 21.7 Å². The van der Waals surface area contributed by atoms with Crippen molar-refractivity contribution in [2.24, 2.45) is 0 Å². The van der Waals surface area contributed by atoms with Gasteiger partial charge in [-0.15, -0.1) is 0 Å². The molecule has 0 N–H and O–H groups in total. The van der Waals surface area contributed by atoms with Crippen molar-refractivity contribution in [1.82, 2.24) is 0 Å². The first-order valence-corrected chi connectivity index (χ1v) is 5.56. The van der Waals surface area contributed by atoms with E-state index in [0.717, 1.165) is 0 Å². The Balaban J connectivity index is 2.84. The highest BCUT2D eigenvalue weighted by Gasteiger charge is 2.28. The summed E-state index contributed by atoms with van der Waals surface area (Å²) in [7, 11) is 1.36. The van der Waals surface area contributed by atoms with Crippen molar-refractivity contribution in [3.63, 3.8) is 0 Å². The van der Waals surface area contributed by atoms with Crippen LogP contribution in [0.15, 0.2) is 22.7 Å². The van der Waals surface area contributed by atoms with E-state index in [2.05, 4.69) is 15.9 Å². The quantitative estimate of drug-likeness (QED) is 0.786. The Morgan fingerprint density at radius 2 is 2.06 bits per heavy atom. The summed E-state index contributed by atoms with van der Waals surface area (Å²) >= 11 is 3.15. The smallest absolute Gasteiger partial charge is 0.389 e. The third-order valence-electron chi connectivity index (χ3n) is 2.10. The van der Waals surface area contributed by atoms with Gasteiger partial charge in [0.1, 0.15) is 5.75 Å². The van der Waals surface area contributed by atoms with Gasteiger partial charge in [-0.3, -0.25) is 4.79 Å². The van der Waals surface area contributed by atoms with Gasteiger partial charge in [0.15, 0.2) is 5.78 Å². The van der Waals surface area contributed by atoms with E-state index < -0.39 is 24.8 Å². The van der Waals surface area contributed by atoms with Gasteiger partial charge in [-0.1, -0.05) is 15.9 Å². The van der Waals surface area contributed by atoms with Crippen LogP contribution < -0.4 is 4.74 Å². The molecule has 0 saturated carbocycles. The zero-order valence-electron chi connectivity index (χ0n) is 8.97. The molecule has 0 aliphatic heterocycles. The molecule has 0 radical (unpaired) electrons. The third-order valence-corrected chi connectivity index (χ3v) is 2.59. The Hall–Kier alpha value is -1.04. The van der Waals surface area contributed by atoms with Crippen molar-refractivity contribution in [1.29, 1.82) is 0 Å². The van der Waals surface area contributed by atoms with Crippen molar-refractivity contribution < 1.29 is 22.7 Å². The second-order valence-corrected chi connectivity index (χ2v) is 4.30. The number of carbonyl (C=O) groups is 1. The maximum atomic E-state index is 12.0. The van der Waals surface area contributed by atoms with Gasteiger partial charge in [0.05, 0.1) is 19.1 Å². The van der Waals surface area contributed by atoms with Crippen molar-refractivity contribution in [3.8, 4) is 5.75 Å². The minimum atomic E-state index is -4.32. The molecule has 0 bridgehead atoms. The predicted octanol–water partition coefficient (Wildman–Crippen LogP) is 3.98. The second-order valence-electron chi connectivity index (χ2n) is 3.38. The van der Waals surface area contributed by atoms with E-state index in [1.165, 1.54) is 19.2 Å². The number of ether oxygens (including phenoxy) is 1. The van der Waals surface area contributed by atoms with Gasteiger partial charge in [0.25, 0.3) is 0 Å². The summed E-state index contributed by atoms with van der Waals surface area (Å²) in [6, 6.07) is 4.64. The first-order valence-electron chi connectivity index (χ1n) is 4.77. The fourth-order valence-electron chi connectivity index (χ4n) is 1.29. The van der Waals surface area contributed by atoms with Crippen LogP contribution in [0, 0.1) is 0 Å². The summed E-state index contributed by atoms with van der Waals surface area (Å²) in [6.45, 7) is 0. The molecule has 1 aromatic carbocycles. The van der Waals surface area contributed by atoms with E-state index in [-0.39, 0.29) is 11.3 Å². The van der Waals surface area contributed by atoms with Gasteiger partial charge < -0.3 is 4.74 Å². The summed E-state index contributed by atoms with van der Waals surface area (Å²) in [5.74, 6) is -0.305. The number of methoxy groups -OCH3 is 1. The molecule has 0 unspecified atom stereocenters. The van der Waals surface area contributed by atoms with E-state index in [9.17, 15) is 18.0 Å². The highest BCUT2D eigenvalue weighted by molar-refractivity contribution is 9.10. The van der Waals surface area contributed by atoms with Crippen LogP contribution in [0.4, 0.5) is 13.2 Å². The molecule has 94 valence electrons. The molecule has 0 spiro atoms. The molecule has 0 aromatic heterocycles. The number of hydrogen-bond donors (Lipinski definition) is 0. The van der Waals surface area contributed by atoms with Crippen LogP contribution in [0.5, 0.6) is 5.75 Å². The van der Waals surface area contributed by atoms with Crippen LogP contribution >= 0.6 is 15.9 Å². The van der Waals surface area contributed by atoms with E-state index in [4.69, 9.17) is 4.74 Å². The first-order chi connectivity index (χ1) is 7.83. The fraction of sp³-hybridized carbons (Fsp3) is 0.364. The Morgan fingerprint density at radius 3 is 2.59 bits per heavy atom. The third kappa shape index (κ3) is 4.38. The van der Waals surface area contributed by atoms with E-state index in [1.54, 1.807) is 6.07 Å². The molecule has 0 saturated heterocycles. The lowest BCUT2D eigenvalue weighted by molar-refractivity contribution is -0.133. The Morgan fingerprint density at radius 1 is 1.41 bits per heavy atom. The average Bonchev–Trinajstić information content (AvgIpc) is 2.25. The second kappa shape index (κ2) is 5.53. The zero-order chi connectivity index (χ0) is 13.1. The largest absolute Gasteiger partial charge is 0.496 e. The van der Waals surface area contributed by atoms with Gasteiger partial charge in [0, 0.05) is 10.9 Å². The molecule has 6 heteroatoms. The molecule has 0 aliphatic carbocycles. The van der Waals surface area contributed by atoms with Crippen molar-refractivity contribution in [2.75, 3.05) is 7.11 Å². The Bertz CT molecular complexity index is 416. The fourth-order valence-corrected chi connectivity index (χ4v) is 1.65. The topological polar surface area (TPSA) is 26.3 Å². The zero-order valence-corrected chi connectivity index (χ0v) is 10.6. The lowest BCUT2D eigenvalue weighted by Gasteiger charge is -2.09. The van der Waals surface area contributed by atoms with Gasteiger partial charge in [-0.05, 0) is 18.2 Å². The van der Waals surface area contributed by atoms with Gasteiger partial charge in [-0.25, -0.2) is 0 Å². The first kappa shape index (κ1) is 14.0. The average molecular weight is 311 g/mol. The van der Waals surface area contributed by atoms with Crippen LogP contribution in [0.25, 0.3) is 0 Å². The van der Waals surface area contributed by atoms with Gasteiger partial charge in [0.2, 0.25) is 0 Å². The summed E-state index contributed by atoms with van der Waals surface area (Å²) in [5.41, 5.74) is 0.158. The van der Waals surface area contributed by atoms with Gasteiger partial charge in [-0.2, -0.15) is 13.2 Å². The molecule has 17 heavy (non-hydrogen) atoms. The molecular formula is C11H10BrF3O2. The maximum Gasteiger partial charge on any atom is 0.389 e. The van der Waals surface area contributed by atoms with Crippen LogP contribution in [0.1, 0.15) is 23.2 Å². The molecule has 0 amide bonds. The molecular weight excluding hydrogens is 301 g/mol. The molecule has 0 atom stereocenters. The summed E-state index contributed by atoms with van der Waals surface area (Å²) < 4.78 is 41.6. The Kier molecular flexibility index (Phi) is 4.56.